The molecule has 3 heterocycles. The highest BCUT2D eigenvalue weighted by atomic mass is 16.7. The van der Waals surface area contributed by atoms with Crippen LogP contribution in [0.25, 0.3) is 0 Å². The van der Waals surface area contributed by atoms with E-state index in [0.717, 1.165) is 18.4 Å². The van der Waals surface area contributed by atoms with E-state index in [1.54, 1.807) is 4.90 Å². The Morgan fingerprint density at radius 2 is 1.91 bits per heavy atom. The van der Waals surface area contributed by atoms with Gasteiger partial charge in [-0.2, -0.15) is 0 Å². The summed E-state index contributed by atoms with van der Waals surface area (Å²) in [6.45, 7) is 5.50. The highest BCUT2D eigenvalue weighted by molar-refractivity contribution is 5.79. The van der Waals surface area contributed by atoms with Gasteiger partial charge in [0, 0.05) is 38.1 Å². The number of aliphatic carboxylic acids is 1. The predicted octanol–water partition coefficient (Wildman–Crippen LogP) is 1.62. The van der Waals surface area contributed by atoms with Crippen molar-refractivity contribution in [2.75, 3.05) is 52.7 Å². The minimum atomic E-state index is -0.870. The number of unbranched alkanes of at least 4 members (excludes halogenated alkanes) is 1. The first-order chi connectivity index (χ1) is 17.0. The van der Waals surface area contributed by atoms with E-state index in [1.165, 1.54) is 0 Å². The number of carboxylic acid groups (broad SMARTS) is 1. The molecule has 194 valence electrons. The molecule has 4 rings (SSSR count). The molecule has 1 amide bonds. The molecular weight excluding hydrogens is 454 g/mol. The summed E-state index contributed by atoms with van der Waals surface area (Å²) in [5.41, 5.74) is 6.64. The van der Waals surface area contributed by atoms with Crippen molar-refractivity contribution in [3.63, 3.8) is 0 Å². The first-order valence-electron chi connectivity index (χ1n) is 12.6. The van der Waals surface area contributed by atoms with Gasteiger partial charge in [0.2, 0.25) is 12.7 Å². The molecule has 3 aliphatic rings. The zero-order valence-corrected chi connectivity index (χ0v) is 20.4. The third-order valence-corrected chi connectivity index (χ3v) is 7.12. The van der Waals surface area contributed by atoms with Crippen molar-refractivity contribution < 1.29 is 33.6 Å². The minimum absolute atomic E-state index is 0.0160. The quantitative estimate of drug-likeness (QED) is 0.449. The Balaban J connectivity index is 1.56. The van der Waals surface area contributed by atoms with E-state index >= 15 is 0 Å². The molecule has 3 N–H and O–H groups in total. The van der Waals surface area contributed by atoms with Gasteiger partial charge in [0.1, 0.15) is 0 Å². The van der Waals surface area contributed by atoms with Crippen molar-refractivity contribution in [3.8, 4) is 11.5 Å². The van der Waals surface area contributed by atoms with Crippen molar-refractivity contribution in [1.82, 2.24) is 9.80 Å². The maximum atomic E-state index is 13.3. The topological polar surface area (TPSA) is 124 Å². The second-order valence-corrected chi connectivity index (χ2v) is 9.35. The number of nitrogens with two attached hydrogens (primary N) is 1. The Hall–Kier alpha value is -2.40. The molecule has 2 fully saturated rings. The molecule has 0 aliphatic carbocycles. The molecule has 35 heavy (non-hydrogen) atoms. The average Bonchev–Trinajstić information content (AvgIpc) is 3.59. The number of carbonyl (C=O) groups excluding carboxylic acids is 1. The first-order valence-corrected chi connectivity index (χ1v) is 12.6. The van der Waals surface area contributed by atoms with Crippen molar-refractivity contribution >= 4 is 11.9 Å². The fraction of sp³-hybridized carbons (Fsp3) is 0.680. The lowest BCUT2D eigenvalue weighted by Crippen LogP contribution is -2.45. The van der Waals surface area contributed by atoms with Crippen LogP contribution < -0.4 is 15.2 Å². The monoisotopic (exact) mass is 491 g/mol. The number of hydrogen-bond donors (Lipinski definition) is 2. The zero-order valence-electron chi connectivity index (χ0n) is 20.4. The number of hydrogen-bond acceptors (Lipinski definition) is 8. The number of nitrogens with zero attached hydrogens (tertiary/aromatic N) is 2. The number of carboxylic acids is 1. The van der Waals surface area contributed by atoms with E-state index < -0.39 is 11.9 Å². The normalized spacial score (nSPS) is 24.2. The molecule has 10 heteroatoms. The molecule has 1 aromatic carbocycles. The maximum absolute atomic E-state index is 13.3. The number of fused-ring (bicyclic) bond motifs is 1. The molecule has 2 saturated heterocycles. The van der Waals surface area contributed by atoms with Crippen LogP contribution in [0.1, 0.15) is 44.1 Å². The van der Waals surface area contributed by atoms with Gasteiger partial charge in [0.25, 0.3) is 0 Å². The maximum Gasteiger partial charge on any atom is 0.308 e. The second kappa shape index (κ2) is 12.0. The highest BCUT2D eigenvalue weighted by Gasteiger charge is 2.47. The molecule has 0 spiro atoms. The van der Waals surface area contributed by atoms with Gasteiger partial charge in [0.15, 0.2) is 17.8 Å². The summed E-state index contributed by atoms with van der Waals surface area (Å²) in [4.78, 5) is 29.7. The van der Waals surface area contributed by atoms with Crippen LogP contribution in [0.3, 0.4) is 0 Å². The van der Waals surface area contributed by atoms with Crippen molar-refractivity contribution in [1.29, 1.82) is 0 Å². The van der Waals surface area contributed by atoms with E-state index in [9.17, 15) is 14.7 Å². The van der Waals surface area contributed by atoms with Gasteiger partial charge in [-0.15, -0.1) is 0 Å². The lowest BCUT2D eigenvalue weighted by molar-refractivity contribution is -0.144. The fourth-order valence-corrected chi connectivity index (χ4v) is 5.35. The van der Waals surface area contributed by atoms with Crippen molar-refractivity contribution in [2.24, 2.45) is 11.7 Å². The average molecular weight is 492 g/mol. The van der Waals surface area contributed by atoms with Crippen LogP contribution >= 0.6 is 0 Å². The van der Waals surface area contributed by atoms with Gasteiger partial charge in [-0.25, -0.2) is 0 Å². The summed E-state index contributed by atoms with van der Waals surface area (Å²) >= 11 is 0. The number of ether oxygens (including phenoxy) is 4. The second-order valence-electron chi connectivity index (χ2n) is 9.35. The third kappa shape index (κ3) is 6.06. The Morgan fingerprint density at radius 3 is 2.63 bits per heavy atom. The number of likely N-dealkylation sites (tertiary alicyclic amines) is 1. The van der Waals surface area contributed by atoms with Crippen LogP contribution in [0, 0.1) is 5.92 Å². The van der Waals surface area contributed by atoms with Gasteiger partial charge in [-0.05, 0) is 37.0 Å². The van der Waals surface area contributed by atoms with E-state index in [1.807, 2.05) is 23.1 Å². The SMILES string of the molecule is CCCCN(CCN)C(=O)CN1CC(c2ccc3c(c2)OCO3)C(C(=O)O)C1CCC1OCCO1. The number of carbonyl (C=O) groups is 2. The molecule has 0 aromatic heterocycles. The lowest BCUT2D eigenvalue weighted by atomic mass is 9.83. The molecule has 3 atom stereocenters. The highest BCUT2D eigenvalue weighted by Crippen LogP contribution is 2.43. The molecule has 0 saturated carbocycles. The van der Waals surface area contributed by atoms with Crippen molar-refractivity contribution in [3.05, 3.63) is 23.8 Å². The van der Waals surface area contributed by atoms with E-state index in [4.69, 9.17) is 24.7 Å². The van der Waals surface area contributed by atoms with Crippen LogP contribution in [-0.2, 0) is 19.1 Å². The summed E-state index contributed by atoms with van der Waals surface area (Å²) in [5.74, 6) is -0.569. The van der Waals surface area contributed by atoms with Crippen LogP contribution in [0.15, 0.2) is 18.2 Å². The molecule has 3 unspecified atom stereocenters. The van der Waals surface area contributed by atoms with Crippen molar-refractivity contribution in [2.45, 2.75) is 50.9 Å². The molecule has 0 bridgehead atoms. The fourth-order valence-electron chi connectivity index (χ4n) is 5.35. The van der Waals surface area contributed by atoms with Gasteiger partial charge >= 0.3 is 5.97 Å². The van der Waals surface area contributed by atoms with E-state index in [-0.39, 0.29) is 37.5 Å². The summed E-state index contributed by atoms with van der Waals surface area (Å²) in [7, 11) is 0. The largest absolute Gasteiger partial charge is 0.481 e. The van der Waals surface area contributed by atoms with Gasteiger partial charge in [0.05, 0.1) is 25.7 Å². The van der Waals surface area contributed by atoms with Gasteiger partial charge in [-0.3, -0.25) is 14.5 Å². The molecule has 10 nitrogen and oxygen atoms in total. The van der Waals surface area contributed by atoms with Crippen LogP contribution in [0.4, 0.5) is 0 Å². The van der Waals surface area contributed by atoms with Gasteiger partial charge in [-0.1, -0.05) is 19.4 Å². The first kappa shape index (κ1) is 25.7. The van der Waals surface area contributed by atoms with E-state index in [2.05, 4.69) is 6.92 Å². The minimum Gasteiger partial charge on any atom is -0.481 e. The third-order valence-electron chi connectivity index (χ3n) is 7.12. The standard InChI is InChI=1S/C25H37N3O7/c1-2-3-9-27(10-8-26)22(29)15-28-14-18(17-4-6-20-21(13-17)35-16-34-20)24(25(30)31)19(28)5-7-23-32-11-12-33-23/h4,6,13,18-19,23-24H,2-3,5,7-12,14-16,26H2,1H3,(H,30,31). The predicted molar refractivity (Wildman–Crippen MR) is 127 cm³/mol. The summed E-state index contributed by atoms with van der Waals surface area (Å²) in [6, 6.07) is 5.27. The molecule has 0 radical (unpaired) electrons. The summed E-state index contributed by atoms with van der Waals surface area (Å²) < 4.78 is 22.1. The summed E-state index contributed by atoms with van der Waals surface area (Å²) in [5, 5.41) is 10.3. The van der Waals surface area contributed by atoms with E-state index in [0.29, 0.717) is 63.7 Å². The molecule has 1 aromatic rings. The Labute approximate surface area is 206 Å². The van der Waals surface area contributed by atoms with Crippen LogP contribution in [0.5, 0.6) is 11.5 Å². The Morgan fingerprint density at radius 1 is 1.14 bits per heavy atom. The Bertz CT molecular complexity index is 877. The number of benzene rings is 1. The molecular formula is C25H37N3O7. The van der Waals surface area contributed by atoms with Crippen LogP contribution in [-0.4, -0.2) is 91.8 Å². The van der Waals surface area contributed by atoms with Crippen LogP contribution in [0.2, 0.25) is 0 Å². The summed E-state index contributed by atoms with van der Waals surface area (Å²) in [6.07, 6.45) is 2.69. The zero-order chi connectivity index (χ0) is 24.8. The smallest absolute Gasteiger partial charge is 0.308 e. The van der Waals surface area contributed by atoms with Gasteiger partial charge < -0.3 is 34.7 Å². The lowest BCUT2D eigenvalue weighted by Gasteiger charge is -2.30. The number of amides is 1. The number of rotatable bonds is 12. The molecule has 3 aliphatic heterocycles. The Kier molecular flexibility index (Phi) is 8.83.